The first-order valence-electron chi connectivity index (χ1n) is 0. The molecule has 0 aliphatic carbocycles. The minimum atomic E-state index is 0. The van der Waals surface area contributed by atoms with Gasteiger partial charge in [0.15, 0.2) is 0 Å². The van der Waals surface area contributed by atoms with Crippen molar-refractivity contribution in [3.63, 3.8) is 0 Å². The summed E-state index contributed by atoms with van der Waals surface area (Å²) in [4.78, 5) is 0. The van der Waals surface area contributed by atoms with Crippen molar-refractivity contribution < 1.29 is 31.3 Å². The summed E-state index contributed by atoms with van der Waals surface area (Å²) in [5, 5.41) is 0. The number of rotatable bonds is 0. The van der Waals surface area contributed by atoms with Crippen molar-refractivity contribution >= 4 is 45.6 Å². The van der Waals surface area contributed by atoms with Crippen molar-refractivity contribution in [1.29, 1.82) is 0 Å². The summed E-state index contributed by atoms with van der Waals surface area (Å²) in [5.74, 6) is 0. The van der Waals surface area contributed by atoms with Gasteiger partial charge in [-0.2, -0.15) is 0 Å². The molecular formula is H8GaHfInO. The maximum atomic E-state index is 0. The van der Waals surface area contributed by atoms with Gasteiger partial charge in [0.2, 0.25) is 0 Å². The predicted molar refractivity (Wildman–Crippen MR) is 23.5 cm³/mol. The molecule has 0 amide bonds. The van der Waals surface area contributed by atoms with E-state index in [1.807, 2.05) is 0 Å². The van der Waals surface area contributed by atoms with E-state index < -0.39 is 0 Å². The second kappa shape index (κ2) is 18.4. The van der Waals surface area contributed by atoms with E-state index >= 15 is 0 Å². The molecule has 0 fully saturated rings. The number of hydrogen-bond donors (Lipinski definition) is 0. The van der Waals surface area contributed by atoms with Crippen LogP contribution in [0.2, 0.25) is 0 Å². The van der Waals surface area contributed by atoms with Crippen molar-refractivity contribution in [2.75, 3.05) is 0 Å². The van der Waals surface area contributed by atoms with E-state index in [2.05, 4.69) is 0 Å². The first-order chi connectivity index (χ1) is 0. The molecule has 1 nitrogen and oxygen atoms in total. The summed E-state index contributed by atoms with van der Waals surface area (Å²) in [6, 6.07) is 0. The molecule has 0 atom stereocenters. The van der Waals surface area contributed by atoms with Gasteiger partial charge in [0, 0.05) is 25.8 Å². The van der Waals surface area contributed by atoms with Crippen LogP contribution in [-0.2, 0) is 25.8 Å². The Morgan fingerprint density at radius 2 is 1.00 bits per heavy atom. The summed E-state index contributed by atoms with van der Waals surface area (Å²) in [6.45, 7) is 0. The molecule has 0 rings (SSSR count). The zero-order valence-electron chi connectivity index (χ0n) is 1.00. The van der Waals surface area contributed by atoms with Crippen molar-refractivity contribution in [3.05, 3.63) is 0 Å². The molecule has 4 heteroatoms. The quantitative estimate of drug-likeness (QED) is 0.393. The summed E-state index contributed by atoms with van der Waals surface area (Å²) in [6.07, 6.45) is 0. The minimum absolute atomic E-state index is 0. The third kappa shape index (κ3) is 8.84. The summed E-state index contributed by atoms with van der Waals surface area (Å²) < 4.78 is 0. The predicted octanol–water partition coefficient (Wildman–Crippen LogP) is -3.20. The third-order valence-corrected chi connectivity index (χ3v) is 0. The molecule has 0 aromatic rings. The van der Waals surface area contributed by atoms with Crippen LogP contribution in [0.25, 0.3) is 0 Å². The first kappa shape index (κ1) is 33.1. The van der Waals surface area contributed by atoms with Gasteiger partial charge in [-0.05, 0) is 0 Å². The van der Waals surface area contributed by atoms with Crippen LogP contribution in [0.3, 0.4) is 0 Å². The normalized spacial score (nSPS) is 0. The van der Waals surface area contributed by atoms with Crippen LogP contribution in [0.4, 0.5) is 0 Å². The molecule has 0 radical (unpaired) electrons. The summed E-state index contributed by atoms with van der Waals surface area (Å²) in [7, 11) is 0. The molecular weight excluding hydrogens is 379 g/mol. The molecule has 24 valence electrons. The van der Waals surface area contributed by atoms with Crippen LogP contribution < -0.4 is 0 Å². The Morgan fingerprint density at radius 1 is 1.00 bits per heavy atom. The van der Waals surface area contributed by atoms with Crippen molar-refractivity contribution in [2.45, 2.75) is 0 Å². The molecule has 4 heavy (non-hydrogen) atoms. The van der Waals surface area contributed by atoms with Crippen LogP contribution in [0.15, 0.2) is 0 Å². The third-order valence-electron chi connectivity index (χ3n) is 0. The zero-order chi connectivity index (χ0) is 0. The van der Waals surface area contributed by atoms with Gasteiger partial charge in [-0.15, -0.1) is 0 Å². The Balaban J connectivity index is 0. The Labute approximate surface area is 75.8 Å². The van der Waals surface area contributed by atoms with Crippen LogP contribution in [-0.4, -0.2) is 51.1 Å². The van der Waals surface area contributed by atoms with Crippen molar-refractivity contribution in [1.82, 2.24) is 0 Å². The van der Waals surface area contributed by atoms with Crippen molar-refractivity contribution in [2.24, 2.45) is 0 Å². The van der Waals surface area contributed by atoms with Crippen LogP contribution >= 0.6 is 0 Å². The molecule has 0 aliphatic rings. The maximum absolute atomic E-state index is 0. The van der Waals surface area contributed by atoms with E-state index in [0.29, 0.717) is 0 Å². The number of hydrogen-bond acceptors (Lipinski definition) is 0. The molecule has 0 spiro atoms. The van der Waals surface area contributed by atoms with Crippen LogP contribution in [0.1, 0.15) is 0 Å². The first-order valence-corrected chi connectivity index (χ1v) is 0. The van der Waals surface area contributed by atoms with Gasteiger partial charge in [0.1, 0.15) is 0 Å². The standard InChI is InChI=1S/Ga.Hf.In.H2O.6H/h;;;1H2;;;;;;. The second-order valence-electron chi connectivity index (χ2n) is 0. The van der Waals surface area contributed by atoms with Gasteiger partial charge < -0.3 is 5.48 Å². The Morgan fingerprint density at radius 3 is 1.00 bits per heavy atom. The Hall–Kier alpha value is 2.34. The van der Waals surface area contributed by atoms with Crippen molar-refractivity contribution in [3.8, 4) is 0 Å². The fourth-order valence-electron chi connectivity index (χ4n) is 0. The molecule has 2 N–H and O–H groups in total. The fraction of sp³-hybridized carbons (Fsp3) is 0. The molecule has 0 aromatic heterocycles. The zero-order valence-corrected chi connectivity index (χ0v) is 4.59. The fourth-order valence-corrected chi connectivity index (χ4v) is 0. The van der Waals surface area contributed by atoms with E-state index in [-0.39, 0.29) is 77.0 Å². The van der Waals surface area contributed by atoms with Gasteiger partial charge >= 0.3 is 45.6 Å². The molecule has 0 saturated heterocycles. The Kier molecular flexibility index (Phi) is 152. The van der Waals surface area contributed by atoms with E-state index in [0.717, 1.165) is 0 Å². The van der Waals surface area contributed by atoms with Crippen LogP contribution in [0, 0.1) is 0 Å². The molecule has 0 saturated carbocycles. The van der Waals surface area contributed by atoms with Gasteiger partial charge in [-0.1, -0.05) is 0 Å². The van der Waals surface area contributed by atoms with E-state index in [1.54, 1.807) is 0 Å². The van der Waals surface area contributed by atoms with E-state index in [4.69, 9.17) is 0 Å². The monoisotopic (exact) mass is 388 g/mol. The van der Waals surface area contributed by atoms with Crippen LogP contribution in [0.5, 0.6) is 0 Å². The topological polar surface area (TPSA) is 31.5 Å². The van der Waals surface area contributed by atoms with Gasteiger partial charge in [0.25, 0.3) is 0 Å². The average molecular weight is 387 g/mol. The SMILES string of the molecule is O.[GaH3].[Hf].[InH3]. The van der Waals surface area contributed by atoms with E-state index in [9.17, 15) is 0 Å². The molecule has 0 unspecified atom stereocenters. The molecule has 0 aliphatic heterocycles. The van der Waals surface area contributed by atoms with E-state index in [1.165, 1.54) is 0 Å². The molecule has 0 aromatic carbocycles. The van der Waals surface area contributed by atoms with Gasteiger partial charge in [0.05, 0.1) is 0 Å². The summed E-state index contributed by atoms with van der Waals surface area (Å²) >= 11 is 0. The van der Waals surface area contributed by atoms with Gasteiger partial charge in [-0.3, -0.25) is 0 Å². The Bertz CT molecular complexity index is 8.00. The molecule has 0 heterocycles. The average Bonchev–Trinajstić information content (AvgIpc) is 0. The molecule has 0 bridgehead atoms. The van der Waals surface area contributed by atoms with Gasteiger partial charge in [-0.25, -0.2) is 0 Å². The summed E-state index contributed by atoms with van der Waals surface area (Å²) in [5.41, 5.74) is 0. The second-order valence-corrected chi connectivity index (χ2v) is 0.